The zero-order chi connectivity index (χ0) is 13.5. The van der Waals surface area contributed by atoms with Crippen molar-refractivity contribution in [1.82, 2.24) is 9.99 Å². The van der Waals surface area contributed by atoms with Crippen LogP contribution in [-0.2, 0) is 0 Å². The highest BCUT2D eigenvalue weighted by Gasteiger charge is 2.24. The van der Waals surface area contributed by atoms with Gasteiger partial charge in [0.05, 0.1) is 12.2 Å². The van der Waals surface area contributed by atoms with E-state index in [9.17, 15) is 0 Å². The van der Waals surface area contributed by atoms with Crippen molar-refractivity contribution in [2.24, 2.45) is 10.8 Å². The van der Waals surface area contributed by atoms with Crippen molar-refractivity contribution in [3.8, 4) is 0 Å². The summed E-state index contributed by atoms with van der Waals surface area (Å²) >= 11 is 0. The lowest BCUT2D eigenvalue weighted by atomic mass is 9.99. The van der Waals surface area contributed by atoms with E-state index in [1.807, 2.05) is 30.3 Å². The Hall–Kier alpha value is -2.66. The van der Waals surface area contributed by atoms with Gasteiger partial charge in [-0.25, -0.2) is 15.8 Å². The summed E-state index contributed by atoms with van der Waals surface area (Å²) in [5.74, 6) is 6.71. The molecule has 0 bridgehead atoms. The molecule has 0 saturated heterocycles. The number of para-hydroxylation sites is 1. The average molecular weight is 263 g/mol. The summed E-state index contributed by atoms with van der Waals surface area (Å²) < 4.78 is 0. The molecule has 2 aromatic rings. The SMILES string of the molecule is NN1C=NC2=C(C1)c1ccccc1Nc1ncccc12. The Morgan fingerprint density at radius 1 is 1.10 bits per heavy atom. The third-order valence-corrected chi connectivity index (χ3v) is 3.53. The van der Waals surface area contributed by atoms with Crippen LogP contribution in [0.15, 0.2) is 47.6 Å². The summed E-state index contributed by atoms with van der Waals surface area (Å²) in [5.41, 5.74) is 5.20. The first-order chi connectivity index (χ1) is 9.83. The van der Waals surface area contributed by atoms with E-state index in [4.69, 9.17) is 5.84 Å². The number of hydrogen-bond donors (Lipinski definition) is 2. The van der Waals surface area contributed by atoms with E-state index in [1.54, 1.807) is 17.5 Å². The first-order valence-electron chi connectivity index (χ1n) is 6.43. The number of rotatable bonds is 0. The van der Waals surface area contributed by atoms with Crippen LogP contribution in [0.2, 0.25) is 0 Å². The summed E-state index contributed by atoms with van der Waals surface area (Å²) in [6, 6.07) is 12.1. The van der Waals surface area contributed by atoms with Gasteiger partial charge in [0.25, 0.3) is 0 Å². The molecule has 2 aliphatic heterocycles. The van der Waals surface area contributed by atoms with Crippen LogP contribution in [-0.4, -0.2) is 22.9 Å². The minimum absolute atomic E-state index is 0.631. The van der Waals surface area contributed by atoms with E-state index in [1.165, 1.54) is 0 Å². The number of nitrogens with two attached hydrogens (primary N) is 1. The Kier molecular flexibility index (Phi) is 2.34. The highest BCUT2D eigenvalue weighted by Crippen LogP contribution is 2.40. The van der Waals surface area contributed by atoms with E-state index < -0.39 is 0 Å². The molecule has 0 atom stereocenters. The quantitative estimate of drug-likeness (QED) is 0.715. The molecule has 2 aliphatic rings. The summed E-state index contributed by atoms with van der Waals surface area (Å²) in [4.78, 5) is 8.93. The average Bonchev–Trinajstić information content (AvgIpc) is 2.61. The van der Waals surface area contributed by atoms with E-state index in [2.05, 4.69) is 21.4 Å². The van der Waals surface area contributed by atoms with Crippen molar-refractivity contribution in [2.75, 3.05) is 11.9 Å². The second-order valence-electron chi connectivity index (χ2n) is 4.81. The monoisotopic (exact) mass is 263 g/mol. The standard InChI is InChI=1S/C15H13N5/c16-20-8-12-10-4-1-2-6-13(10)19-15-11(5-3-7-17-15)14(12)18-9-20/h1-7,9H,8,16H2,(H,17,19). The molecule has 5 heteroatoms. The molecular formula is C15H13N5. The minimum atomic E-state index is 0.631. The maximum absolute atomic E-state index is 5.88. The van der Waals surface area contributed by atoms with Crippen molar-refractivity contribution in [1.29, 1.82) is 0 Å². The Morgan fingerprint density at radius 2 is 1.95 bits per heavy atom. The maximum atomic E-state index is 5.88. The third kappa shape index (κ3) is 1.60. The van der Waals surface area contributed by atoms with E-state index in [0.29, 0.717) is 6.54 Å². The van der Waals surface area contributed by atoms with Gasteiger partial charge in [0.2, 0.25) is 0 Å². The number of anilines is 2. The molecule has 0 aliphatic carbocycles. The number of nitrogens with zero attached hydrogens (tertiary/aromatic N) is 3. The van der Waals surface area contributed by atoms with Gasteiger partial charge in [0.15, 0.2) is 0 Å². The summed E-state index contributed by atoms with van der Waals surface area (Å²) in [6.07, 6.45) is 3.44. The maximum Gasteiger partial charge on any atom is 0.139 e. The van der Waals surface area contributed by atoms with Crippen molar-refractivity contribution in [3.05, 3.63) is 53.7 Å². The van der Waals surface area contributed by atoms with E-state index in [-0.39, 0.29) is 0 Å². The predicted octanol–water partition coefficient (Wildman–Crippen LogP) is 2.22. The molecule has 20 heavy (non-hydrogen) atoms. The van der Waals surface area contributed by atoms with E-state index in [0.717, 1.165) is 33.9 Å². The zero-order valence-corrected chi connectivity index (χ0v) is 10.7. The summed E-state index contributed by atoms with van der Waals surface area (Å²) in [7, 11) is 0. The lowest BCUT2D eigenvalue weighted by Crippen LogP contribution is -2.33. The van der Waals surface area contributed by atoms with Crippen LogP contribution in [0.5, 0.6) is 0 Å². The van der Waals surface area contributed by atoms with Crippen LogP contribution < -0.4 is 11.2 Å². The Balaban J connectivity index is 2.04. The number of pyridine rings is 1. The van der Waals surface area contributed by atoms with Gasteiger partial charge in [-0.3, -0.25) is 5.01 Å². The third-order valence-electron chi connectivity index (χ3n) is 3.53. The highest BCUT2D eigenvalue weighted by atomic mass is 15.4. The van der Waals surface area contributed by atoms with Gasteiger partial charge in [-0.2, -0.15) is 0 Å². The van der Waals surface area contributed by atoms with Gasteiger partial charge in [-0.05, 0) is 18.2 Å². The largest absolute Gasteiger partial charge is 0.339 e. The van der Waals surface area contributed by atoms with Crippen LogP contribution in [0, 0.1) is 0 Å². The molecule has 0 radical (unpaired) electrons. The molecule has 98 valence electrons. The van der Waals surface area contributed by atoms with Crippen LogP contribution in [0.25, 0.3) is 11.3 Å². The number of hydrazine groups is 1. The number of benzene rings is 1. The van der Waals surface area contributed by atoms with Gasteiger partial charge < -0.3 is 5.32 Å². The number of aromatic nitrogens is 1. The molecule has 3 heterocycles. The molecule has 0 fully saturated rings. The number of fused-ring (bicyclic) bond motifs is 4. The fraction of sp³-hybridized carbons (Fsp3) is 0.0667. The van der Waals surface area contributed by atoms with Crippen molar-refractivity contribution in [3.63, 3.8) is 0 Å². The fourth-order valence-electron chi connectivity index (χ4n) is 2.63. The normalized spacial score (nSPS) is 15.9. The molecule has 5 nitrogen and oxygen atoms in total. The first kappa shape index (κ1) is 11.2. The van der Waals surface area contributed by atoms with Gasteiger partial charge >= 0.3 is 0 Å². The lowest BCUT2D eigenvalue weighted by molar-refractivity contribution is 0.508. The lowest BCUT2D eigenvalue weighted by Gasteiger charge is -2.22. The second kappa shape index (κ2) is 4.18. The number of nitrogens with one attached hydrogen (secondary N) is 1. The molecule has 0 amide bonds. The van der Waals surface area contributed by atoms with Crippen molar-refractivity contribution in [2.45, 2.75) is 0 Å². The summed E-state index contributed by atoms with van der Waals surface area (Å²) in [6.45, 7) is 0.631. The molecular weight excluding hydrogens is 250 g/mol. The number of aliphatic imine (C=N–C) groups is 1. The molecule has 3 N–H and O–H groups in total. The highest BCUT2D eigenvalue weighted by molar-refractivity contribution is 6.03. The minimum Gasteiger partial charge on any atom is -0.339 e. The first-order valence-corrected chi connectivity index (χ1v) is 6.43. The molecule has 0 spiro atoms. The number of hydrogen-bond acceptors (Lipinski definition) is 5. The zero-order valence-electron chi connectivity index (χ0n) is 10.7. The molecule has 0 unspecified atom stereocenters. The Labute approximate surface area is 116 Å². The van der Waals surface area contributed by atoms with Gasteiger partial charge in [0, 0.05) is 28.6 Å². The Bertz CT molecular complexity index is 747. The molecule has 1 aromatic heterocycles. The predicted molar refractivity (Wildman–Crippen MR) is 80.2 cm³/mol. The van der Waals surface area contributed by atoms with Gasteiger partial charge in [-0.15, -0.1) is 0 Å². The van der Waals surface area contributed by atoms with Crippen LogP contribution >= 0.6 is 0 Å². The van der Waals surface area contributed by atoms with Crippen LogP contribution in [0.1, 0.15) is 11.1 Å². The topological polar surface area (TPSA) is 66.5 Å². The fourth-order valence-corrected chi connectivity index (χ4v) is 2.63. The molecule has 4 rings (SSSR count). The van der Waals surface area contributed by atoms with Crippen molar-refractivity contribution < 1.29 is 0 Å². The molecule has 0 saturated carbocycles. The van der Waals surface area contributed by atoms with Crippen LogP contribution in [0.3, 0.4) is 0 Å². The Morgan fingerprint density at radius 3 is 2.90 bits per heavy atom. The smallest absolute Gasteiger partial charge is 0.139 e. The second-order valence-corrected chi connectivity index (χ2v) is 4.81. The molecule has 1 aromatic carbocycles. The van der Waals surface area contributed by atoms with Gasteiger partial charge in [-0.1, -0.05) is 18.2 Å². The van der Waals surface area contributed by atoms with E-state index >= 15 is 0 Å². The van der Waals surface area contributed by atoms with Crippen molar-refractivity contribution >= 4 is 29.1 Å². The summed E-state index contributed by atoms with van der Waals surface area (Å²) in [5, 5.41) is 4.98. The van der Waals surface area contributed by atoms with Gasteiger partial charge in [0.1, 0.15) is 12.2 Å². The van der Waals surface area contributed by atoms with Crippen LogP contribution in [0.4, 0.5) is 11.5 Å².